The number of aliphatic carboxylic acids is 1. The number of fused-ring (bicyclic) bond motifs is 1. The standard InChI is InChI=1S/C20H14Cl2N4O3/c21-13-6-2-1-5-11(13)17-9-16(20(28)29)24-18-12(10-23-26(17)18)19(27)25-15-8-4-3-7-14(15)22/h1-10,17,24H,(H,25,27)(H,28,29)/t17-/m1/s1. The molecule has 0 aliphatic carbocycles. The predicted octanol–water partition coefficient (Wildman–Crippen LogP) is 4.43. The third-order valence-corrected chi connectivity index (χ3v) is 5.13. The summed E-state index contributed by atoms with van der Waals surface area (Å²) in [5, 5.41) is 20.2. The fourth-order valence-electron chi connectivity index (χ4n) is 3.08. The van der Waals surface area contributed by atoms with Gasteiger partial charge in [-0.2, -0.15) is 5.10 Å². The van der Waals surface area contributed by atoms with E-state index in [0.717, 1.165) is 0 Å². The van der Waals surface area contributed by atoms with E-state index >= 15 is 0 Å². The van der Waals surface area contributed by atoms with Crippen LogP contribution in [-0.2, 0) is 4.79 Å². The first-order valence-electron chi connectivity index (χ1n) is 8.55. The molecule has 29 heavy (non-hydrogen) atoms. The van der Waals surface area contributed by atoms with Crippen molar-refractivity contribution >= 4 is 46.6 Å². The third kappa shape index (κ3) is 3.57. The zero-order chi connectivity index (χ0) is 20.5. The van der Waals surface area contributed by atoms with E-state index in [1.165, 1.54) is 17.0 Å². The molecule has 3 N–H and O–H groups in total. The van der Waals surface area contributed by atoms with Gasteiger partial charge in [0.2, 0.25) is 0 Å². The van der Waals surface area contributed by atoms with Crippen LogP contribution in [0, 0.1) is 0 Å². The van der Waals surface area contributed by atoms with Gasteiger partial charge in [-0.15, -0.1) is 0 Å². The number of amides is 1. The molecule has 1 amide bonds. The number of allylic oxidation sites excluding steroid dienone is 1. The molecule has 0 bridgehead atoms. The molecular formula is C20H14Cl2N4O3. The Balaban J connectivity index is 1.75. The Kier molecular flexibility index (Phi) is 5.00. The lowest BCUT2D eigenvalue weighted by molar-refractivity contribution is -0.132. The molecule has 1 atom stereocenters. The van der Waals surface area contributed by atoms with E-state index in [2.05, 4.69) is 15.7 Å². The average molecular weight is 429 g/mol. The van der Waals surface area contributed by atoms with Crippen molar-refractivity contribution in [3.05, 3.63) is 87.7 Å². The topological polar surface area (TPSA) is 96.2 Å². The number of carboxylic acid groups (broad SMARTS) is 1. The summed E-state index contributed by atoms with van der Waals surface area (Å²) in [7, 11) is 0. The number of benzene rings is 2. The number of nitrogens with one attached hydrogen (secondary N) is 2. The quantitative estimate of drug-likeness (QED) is 0.571. The minimum Gasteiger partial charge on any atom is -0.477 e. The summed E-state index contributed by atoms with van der Waals surface area (Å²) in [6.07, 6.45) is 2.87. The maximum Gasteiger partial charge on any atom is 0.352 e. The number of carbonyl (C=O) groups excluding carboxylic acids is 1. The molecule has 0 radical (unpaired) electrons. The van der Waals surface area contributed by atoms with E-state index in [-0.39, 0.29) is 17.1 Å². The summed E-state index contributed by atoms with van der Waals surface area (Å²) in [6, 6.07) is 13.3. The Morgan fingerprint density at radius 3 is 2.45 bits per heavy atom. The number of hydrogen-bond acceptors (Lipinski definition) is 4. The summed E-state index contributed by atoms with van der Waals surface area (Å²) >= 11 is 12.4. The Morgan fingerprint density at radius 1 is 1.07 bits per heavy atom. The normalized spacial score (nSPS) is 15.1. The van der Waals surface area contributed by atoms with Gasteiger partial charge in [0.05, 0.1) is 16.9 Å². The average Bonchev–Trinajstić information content (AvgIpc) is 3.13. The molecule has 3 aromatic rings. The van der Waals surface area contributed by atoms with Gasteiger partial charge in [-0.05, 0) is 29.8 Å². The summed E-state index contributed by atoms with van der Waals surface area (Å²) < 4.78 is 1.52. The number of nitrogens with zero attached hydrogens (tertiary/aromatic N) is 2. The van der Waals surface area contributed by atoms with Gasteiger partial charge < -0.3 is 15.7 Å². The molecule has 2 aromatic carbocycles. The zero-order valence-corrected chi connectivity index (χ0v) is 16.3. The van der Waals surface area contributed by atoms with Crippen LogP contribution in [0.3, 0.4) is 0 Å². The highest BCUT2D eigenvalue weighted by atomic mass is 35.5. The predicted molar refractivity (Wildman–Crippen MR) is 111 cm³/mol. The second-order valence-electron chi connectivity index (χ2n) is 6.26. The number of rotatable bonds is 4. The number of anilines is 2. The number of para-hydroxylation sites is 1. The molecule has 1 aromatic heterocycles. The summed E-state index contributed by atoms with van der Waals surface area (Å²) in [4.78, 5) is 24.5. The molecule has 1 aliphatic heterocycles. The second kappa shape index (κ2) is 7.62. The first-order valence-corrected chi connectivity index (χ1v) is 9.31. The van der Waals surface area contributed by atoms with Crippen molar-refractivity contribution in [2.24, 2.45) is 0 Å². The van der Waals surface area contributed by atoms with Crippen LogP contribution < -0.4 is 10.6 Å². The van der Waals surface area contributed by atoms with Gasteiger partial charge in [-0.25, -0.2) is 9.48 Å². The first-order chi connectivity index (χ1) is 14.0. The lowest BCUT2D eigenvalue weighted by Crippen LogP contribution is -2.25. The minimum absolute atomic E-state index is 0.0743. The van der Waals surface area contributed by atoms with Gasteiger partial charge in [0.1, 0.15) is 23.1 Å². The van der Waals surface area contributed by atoms with Crippen LogP contribution in [0.2, 0.25) is 10.0 Å². The van der Waals surface area contributed by atoms with Crippen molar-refractivity contribution in [2.45, 2.75) is 6.04 Å². The van der Waals surface area contributed by atoms with E-state index in [0.29, 0.717) is 21.3 Å². The molecule has 0 fully saturated rings. The summed E-state index contributed by atoms with van der Waals surface area (Å²) in [5.74, 6) is -1.39. The fraction of sp³-hybridized carbons (Fsp3) is 0.0500. The van der Waals surface area contributed by atoms with Crippen LogP contribution in [0.5, 0.6) is 0 Å². The number of carboxylic acids is 1. The van der Waals surface area contributed by atoms with Gasteiger partial charge in [-0.1, -0.05) is 53.5 Å². The number of carbonyl (C=O) groups is 2. The first kappa shape index (κ1) is 19.0. The van der Waals surface area contributed by atoms with Gasteiger partial charge in [0, 0.05) is 5.02 Å². The lowest BCUT2D eigenvalue weighted by Gasteiger charge is -2.25. The number of hydrogen-bond donors (Lipinski definition) is 3. The van der Waals surface area contributed by atoms with E-state index < -0.39 is 17.9 Å². The Labute approximate surface area is 175 Å². The Bertz CT molecular complexity index is 1160. The SMILES string of the molecule is O=C(O)C1=C[C@H](c2ccccc2Cl)n2ncc(C(=O)Nc3ccccc3Cl)c2N1. The molecule has 0 spiro atoms. The van der Waals surface area contributed by atoms with Crippen LogP contribution in [0.4, 0.5) is 11.5 Å². The highest BCUT2D eigenvalue weighted by Gasteiger charge is 2.30. The van der Waals surface area contributed by atoms with E-state index in [4.69, 9.17) is 23.2 Å². The van der Waals surface area contributed by atoms with Crippen molar-refractivity contribution in [1.29, 1.82) is 0 Å². The summed E-state index contributed by atoms with van der Waals surface area (Å²) in [6.45, 7) is 0. The molecule has 0 unspecified atom stereocenters. The molecular weight excluding hydrogens is 415 g/mol. The van der Waals surface area contributed by atoms with Gasteiger partial charge >= 0.3 is 5.97 Å². The molecule has 2 heterocycles. The highest BCUT2D eigenvalue weighted by Crippen LogP contribution is 2.35. The molecule has 9 heteroatoms. The maximum absolute atomic E-state index is 12.8. The smallest absolute Gasteiger partial charge is 0.352 e. The van der Waals surface area contributed by atoms with Crippen LogP contribution in [0.1, 0.15) is 22.0 Å². The van der Waals surface area contributed by atoms with Gasteiger partial charge in [0.15, 0.2) is 0 Å². The van der Waals surface area contributed by atoms with Crippen LogP contribution >= 0.6 is 23.2 Å². The monoisotopic (exact) mass is 428 g/mol. The van der Waals surface area contributed by atoms with Crippen molar-refractivity contribution in [2.75, 3.05) is 10.6 Å². The van der Waals surface area contributed by atoms with Gasteiger partial charge in [0.25, 0.3) is 5.91 Å². The van der Waals surface area contributed by atoms with E-state index in [1.807, 2.05) is 0 Å². The summed E-state index contributed by atoms with van der Waals surface area (Å²) in [5.41, 5.74) is 1.20. The molecule has 146 valence electrons. The van der Waals surface area contributed by atoms with Crippen LogP contribution in [0.15, 0.2) is 66.5 Å². The Hall–Kier alpha value is -3.29. The third-order valence-electron chi connectivity index (χ3n) is 4.46. The fourth-order valence-corrected chi connectivity index (χ4v) is 3.51. The maximum atomic E-state index is 12.8. The second-order valence-corrected chi connectivity index (χ2v) is 7.08. The molecule has 7 nitrogen and oxygen atoms in total. The molecule has 1 aliphatic rings. The van der Waals surface area contributed by atoms with Gasteiger partial charge in [-0.3, -0.25) is 4.79 Å². The van der Waals surface area contributed by atoms with Crippen molar-refractivity contribution < 1.29 is 14.7 Å². The Morgan fingerprint density at radius 2 is 1.76 bits per heavy atom. The minimum atomic E-state index is -1.16. The van der Waals surface area contributed by atoms with E-state index in [9.17, 15) is 14.7 Å². The number of halogens is 2. The molecule has 0 saturated carbocycles. The zero-order valence-electron chi connectivity index (χ0n) is 14.8. The lowest BCUT2D eigenvalue weighted by atomic mass is 10.0. The largest absolute Gasteiger partial charge is 0.477 e. The molecule has 4 rings (SSSR count). The van der Waals surface area contributed by atoms with Crippen LogP contribution in [0.25, 0.3) is 0 Å². The highest BCUT2D eigenvalue weighted by molar-refractivity contribution is 6.34. The van der Waals surface area contributed by atoms with Crippen LogP contribution in [-0.4, -0.2) is 26.8 Å². The van der Waals surface area contributed by atoms with Crippen molar-refractivity contribution in [1.82, 2.24) is 9.78 Å². The van der Waals surface area contributed by atoms with Crippen molar-refractivity contribution in [3.8, 4) is 0 Å². The molecule has 0 saturated heterocycles. The van der Waals surface area contributed by atoms with E-state index in [1.54, 1.807) is 48.5 Å². The van der Waals surface area contributed by atoms with Crippen molar-refractivity contribution in [3.63, 3.8) is 0 Å². The number of aromatic nitrogens is 2.